The van der Waals surface area contributed by atoms with Gasteiger partial charge in [0.1, 0.15) is 5.75 Å². The molecule has 0 saturated carbocycles. The molecule has 1 heterocycles. The van der Waals surface area contributed by atoms with Crippen molar-refractivity contribution in [2.45, 2.75) is 75.4 Å². The molecule has 0 aromatic heterocycles. The van der Waals surface area contributed by atoms with Crippen molar-refractivity contribution < 1.29 is 5.11 Å². The van der Waals surface area contributed by atoms with Gasteiger partial charge in [-0.25, -0.2) is 0 Å². The fourth-order valence-electron chi connectivity index (χ4n) is 2.93. The van der Waals surface area contributed by atoms with E-state index in [-0.39, 0.29) is 23.2 Å². The number of thioether (sulfide) groups is 1. The van der Waals surface area contributed by atoms with E-state index >= 15 is 0 Å². The van der Waals surface area contributed by atoms with Gasteiger partial charge >= 0.3 is 0 Å². The summed E-state index contributed by atoms with van der Waals surface area (Å²) in [5, 5.41) is 14.9. The van der Waals surface area contributed by atoms with Gasteiger partial charge in [-0.05, 0) is 48.9 Å². The normalized spacial score (nSPS) is 17.0. The lowest BCUT2D eigenvalue weighted by Gasteiger charge is -2.29. The summed E-state index contributed by atoms with van der Waals surface area (Å²) in [7, 11) is 0. The fourth-order valence-corrected chi connectivity index (χ4v) is 4.15. The predicted octanol–water partition coefficient (Wildman–Crippen LogP) is 5.25. The Morgan fingerprint density at radius 3 is 1.78 bits per heavy atom. The van der Waals surface area contributed by atoms with Crippen LogP contribution in [0.1, 0.15) is 65.5 Å². The summed E-state index contributed by atoms with van der Waals surface area (Å²) in [6.45, 7) is 15.3. The Morgan fingerprint density at radius 1 is 0.957 bits per heavy atom. The third kappa shape index (κ3) is 5.30. The maximum atomic E-state index is 10.8. The van der Waals surface area contributed by atoms with Crippen molar-refractivity contribution in [1.82, 2.24) is 5.32 Å². The Morgan fingerprint density at radius 2 is 1.39 bits per heavy atom. The number of piperidine rings is 1. The molecule has 0 radical (unpaired) electrons. The average molecular weight is 358 g/mol. The fraction of sp³-hybridized carbons (Fsp3) is 0.684. The van der Waals surface area contributed by atoms with Gasteiger partial charge in [-0.2, -0.15) is 0 Å². The van der Waals surface area contributed by atoms with Crippen LogP contribution in [0.3, 0.4) is 0 Å². The highest BCUT2D eigenvalue weighted by Crippen LogP contribution is 2.43. The molecule has 2 N–H and O–H groups in total. The molecule has 1 saturated heterocycles. The number of hydrogen-bond acceptors (Lipinski definition) is 3. The van der Waals surface area contributed by atoms with Crippen LogP contribution in [0.2, 0.25) is 0 Å². The summed E-state index contributed by atoms with van der Waals surface area (Å²) in [4.78, 5) is 1.31. The first-order valence-electron chi connectivity index (χ1n) is 8.34. The van der Waals surface area contributed by atoms with Crippen molar-refractivity contribution in [2.24, 2.45) is 0 Å². The summed E-state index contributed by atoms with van der Waals surface area (Å²) in [5.74, 6) is 0.481. The minimum atomic E-state index is -0.0469. The van der Waals surface area contributed by atoms with Crippen molar-refractivity contribution in [2.75, 3.05) is 13.1 Å². The number of rotatable bonds is 2. The van der Waals surface area contributed by atoms with Gasteiger partial charge in [-0.15, -0.1) is 24.2 Å². The van der Waals surface area contributed by atoms with E-state index < -0.39 is 0 Å². The molecule has 1 aromatic carbocycles. The Bertz CT molecular complexity index is 490. The van der Waals surface area contributed by atoms with Crippen LogP contribution in [0.25, 0.3) is 0 Å². The molecule has 132 valence electrons. The third-order valence-corrected chi connectivity index (χ3v) is 5.60. The first kappa shape index (κ1) is 20.7. The Labute approximate surface area is 152 Å². The minimum Gasteiger partial charge on any atom is -0.507 e. The maximum absolute atomic E-state index is 10.8. The van der Waals surface area contributed by atoms with Crippen LogP contribution in [0.15, 0.2) is 17.0 Å². The zero-order chi connectivity index (χ0) is 16.5. The van der Waals surface area contributed by atoms with Crippen molar-refractivity contribution >= 4 is 24.2 Å². The first-order valence-corrected chi connectivity index (χ1v) is 9.22. The summed E-state index contributed by atoms with van der Waals surface area (Å²) < 4.78 is 0. The maximum Gasteiger partial charge on any atom is 0.123 e. The van der Waals surface area contributed by atoms with E-state index in [1.807, 2.05) is 11.8 Å². The van der Waals surface area contributed by atoms with E-state index in [0.717, 1.165) is 24.2 Å². The van der Waals surface area contributed by atoms with Crippen LogP contribution >= 0.6 is 24.2 Å². The second-order valence-electron chi connectivity index (χ2n) is 8.43. The second-order valence-corrected chi connectivity index (χ2v) is 9.81. The van der Waals surface area contributed by atoms with Gasteiger partial charge in [-0.1, -0.05) is 41.5 Å². The quantitative estimate of drug-likeness (QED) is 0.757. The highest BCUT2D eigenvalue weighted by Gasteiger charge is 2.27. The Hall–Kier alpha value is -0.380. The molecular formula is C19H32ClNOS. The van der Waals surface area contributed by atoms with Crippen LogP contribution < -0.4 is 5.32 Å². The van der Waals surface area contributed by atoms with Crippen LogP contribution in [0.4, 0.5) is 0 Å². The van der Waals surface area contributed by atoms with Crippen LogP contribution in [-0.4, -0.2) is 23.4 Å². The second kappa shape index (κ2) is 7.67. The molecule has 4 heteroatoms. The lowest BCUT2D eigenvalue weighted by molar-refractivity contribution is 0.422. The third-order valence-electron chi connectivity index (χ3n) is 4.29. The summed E-state index contributed by atoms with van der Waals surface area (Å²) in [6, 6.07) is 4.41. The molecule has 0 aliphatic carbocycles. The van der Waals surface area contributed by atoms with Gasteiger partial charge in [0.2, 0.25) is 0 Å². The van der Waals surface area contributed by atoms with Gasteiger partial charge in [0, 0.05) is 21.3 Å². The Kier molecular flexibility index (Phi) is 6.89. The first-order chi connectivity index (χ1) is 10.1. The molecule has 1 aliphatic heterocycles. The average Bonchev–Trinajstić information content (AvgIpc) is 2.39. The standard InChI is InChI=1S/C19H31NOS.ClH/c1-18(2,3)15-11-14(22-13-7-9-20-10-8-13)12-16(17(15)21)19(4,5)6;/h11-13,20-21H,7-10H2,1-6H3;1H. The molecule has 2 nitrogen and oxygen atoms in total. The van der Waals surface area contributed by atoms with E-state index in [1.165, 1.54) is 17.7 Å². The molecule has 0 atom stereocenters. The van der Waals surface area contributed by atoms with E-state index in [2.05, 4.69) is 59.0 Å². The SMILES string of the molecule is CC(C)(C)c1cc(SC2CCNCC2)cc(C(C)(C)C)c1O.Cl. The molecule has 2 rings (SSSR count). The summed E-state index contributed by atoms with van der Waals surface area (Å²) in [6.07, 6.45) is 2.45. The van der Waals surface area contributed by atoms with Gasteiger partial charge in [0.25, 0.3) is 0 Å². The van der Waals surface area contributed by atoms with E-state index in [1.54, 1.807) is 0 Å². The highest BCUT2D eigenvalue weighted by atomic mass is 35.5. The van der Waals surface area contributed by atoms with Crippen molar-refractivity contribution in [3.05, 3.63) is 23.3 Å². The van der Waals surface area contributed by atoms with Gasteiger partial charge in [-0.3, -0.25) is 0 Å². The number of aromatic hydroxyl groups is 1. The van der Waals surface area contributed by atoms with Gasteiger partial charge < -0.3 is 10.4 Å². The molecule has 23 heavy (non-hydrogen) atoms. The van der Waals surface area contributed by atoms with Crippen molar-refractivity contribution in [1.29, 1.82) is 0 Å². The number of hydrogen-bond donors (Lipinski definition) is 2. The van der Waals surface area contributed by atoms with E-state index in [0.29, 0.717) is 11.0 Å². The lowest BCUT2D eigenvalue weighted by atomic mass is 9.79. The topological polar surface area (TPSA) is 32.3 Å². The Balaban J connectivity index is 0.00000264. The molecule has 1 aromatic rings. The highest BCUT2D eigenvalue weighted by molar-refractivity contribution is 8.00. The summed E-state index contributed by atoms with van der Waals surface area (Å²) in [5.41, 5.74) is 2.04. The zero-order valence-electron chi connectivity index (χ0n) is 15.3. The molecule has 1 fully saturated rings. The number of phenols is 1. The zero-order valence-corrected chi connectivity index (χ0v) is 17.0. The van der Waals surface area contributed by atoms with Gasteiger partial charge in [0.05, 0.1) is 0 Å². The van der Waals surface area contributed by atoms with E-state index in [9.17, 15) is 5.11 Å². The summed E-state index contributed by atoms with van der Waals surface area (Å²) >= 11 is 1.98. The monoisotopic (exact) mass is 357 g/mol. The number of nitrogens with one attached hydrogen (secondary N) is 1. The largest absolute Gasteiger partial charge is 0.507 e. The van der Waals surface area contributed by atoms with Crippen LogP contribution in [-0.2, 0) is 10.8 Å². The molecule has 0 bridgehead atoms. The number of halogens is 1. The minimum absolute atomic E-state index is 0. The molecule has 0 unspecified atom stereocenters. The molecular weight excluding hydrogens is 326 g/mol. The lowest BCUT2D eigenvalue weighted by Crippen LogP contribution is -2.29. The molecule has 0 amide bonds. The van der Waals surface area contributed by atoms with Crippen molar-refractivity contribution in [3.63, 3.8) is 0 Å². The number of benzene rings is 1. The number of phenolic OH excluding ortho intramolecular Hbond substituents is 1. The smallest absolute Gasteiger partial charge is 0.123 e. The van der Waals surface area contributed by atoms with Gasteiger partial charge in [0.15, 0.2) is 0 Å². The van der Waals surface area contributed by atoms with Crippen LogP contribution in [0, 0.1) is 0 Å². The molecule has 0 spiro atoms. The van der Waals surface area contributed by atoms with Crippen molar-refractivity contribution in [3.8, 4) is 5.75 Å². The van der Waals surface area contributed by atoms with Crippen LogP contribution in [0.5, 0.6) is 5.75 Å². The predicted molar refractivity (Wildman–Crippen MR) is 105 cm³/mol. The van der Waals surface area contributed by atoms with E-state index in [4.69, 9.17) is 0 Å². The molecule has 1 aliphatic rings.